The largest absolute Gasteiger partial charge is 0.507 e. The Morgan fingerprint density at radius 2 is 1.25 bits per heavy atom. The van der Waals surface area contributed by atoms with Gasteiger partial charge >= 0.3 is 17.2 Å². The molecular weight excluding hydrogens is 476 g/mol. The number of ether oxygens (including phenoxy) is 1. The number of aliphatic carboxylic acids is 1. The number of carboxylic acid groups (broad SMARTS) is 1. The Morgan fingerprint density at radius 1 is 0.833 bits per heavy atom. The van der Waals surface area contributed by atoms with Crippen molar-refractivity contribution in [2.45, 2.75) is 32.3 Å². The second kappa shape index (κ2) is 8.93. The van der Waals surface area contributed by atoms with Crippen LogP contribution in [0.3, 0.4) is 0 Å². The number of carbonyl (C=O) groups is 1. The van der Waals surface area contributed by atoms with Crippen molar-refractivity contribution in [3.8, 4) is 23.0 Å². The Hall–Kier alpha value is -4.51. The first-order valence-corrected chi connectivity index (χ1v) is 10.7. The maximum absolute atomic E-state index is 12.5. The third-order valence-electron chi connectivity index (χ3n) is 6.04. The fraction of sp³-hybridized carbons (Fsp3) is 0.240. The molecule has 4 aromatic rings. The van der Waals surface area contributed by atoms with E-state index < -0.39 is 58.7 Å². The monoisotopic (exact) mass is 498 g/mol. The molecule has 0 spiro atoms. The molecular formula is C25H22O11. The van der Waals surface area contributed by atoms with Gasteiger partial charge in [0.05, 0.1) is 0 Å². The number of aryl methyl sites for hydroxylation is 2. The number of phenolic OH excluding ortho intramolecular Hbond substituents is 4. The average molecular weight is 498 g/mol. The lowest BCUT2D eigenvalue weighted by Gasteiger charge is -2.25. The van der Waals surface area contributed by atoms with E-state index in [4.69, 9.17) is 13.6 Å². The third-order valence-corrected chi connectivity index (χ3v) is 6.04. The molecule has 0 bridgehead atoms. The summed E-state index contributed by atoms with van der Waals surface area (Å²) in [5, 5.41) is 53.2. The topological polar surface area (TPSA) is 188 Å². The SMILES string of the molecule is CO[C@@H](CC(c1c(O)cc2cc(C)oc(=O)c2c1O)c1c(O)cc2cc(C)oc(=O)c2c1O)C(=O)O. The molecule has 0 amide bonds. The molecule has 11 nitrogen and oxygen atoms in total. The van der Waals surface area contributed by atoms with Crippen molar-refractivity contribution in [3.63, 3.8) is 0 Å². The van der Waals surface area contributed by atoms with E-state index >= 15 is 0 Å². The van der Waals surface area contributed by atoms with Gasteiger partial charge < -0.3 is 39.1 Å². The van der Waals surface area contributed by atoms with Gasteiger partial charge in [0.15, 0.2) is 6.10 Å². The first-order chi connectivity index (χ1) is 16.9. The first kappa shape index (κ1) is 24.6. The molecule has 0 aliphatic carbocycles. The number of fused-ring (bicyclic) bond motifs is 2. The van der Waals surface area contributed by atoms with E-state index in [1.165, 1.54) is 26.0 Å². The summed E-state index contributed by atoms with van der Waals surface area (Å²) in [6.45, 7) is 3.00. The second-order valence-electron chi connectivity index (χ2n) is 8.38. The van der Waals surface area contributed by atoms with E-state index in [0.717, 1.165) is 19.2 Å². The summed E-state index contributed by atoms with van der Waals surface area (Å²) in [7, 11) is 1.12. The van der Waals surface area contributed by atoms with Gasteiger partial charge in [-0.15, -0.1) is 0 Å². The van der Waals surface area contributed by atoms with Gasteiger partial charge in [0.25, 0.3) is 0 Å². The van der Waals surface area contributed by atoms with Crippen LogP contribution in [-0.4, -0.2) is 44.7 Å². The number of hydrogen-bond acceptors (Lipinski definition) is 10. The van der Waals surface area contributed by atoms with Crippen molar-refractivity contribution in [1.82, 2.24) is 0 Å². The normalized spacial score (nSPS) is 12.4. The van der Waals surface area contributed by atoms with Crippen LogP contribution in [-0.2, 0) is 9.53 Å². The highest BCUT2D eigenvalue weighted by Crippen LogP contribution is 2.50. The third kappa shape index (κ3) is 3.99. The molecule has 2 aromatic carbocycles. The lowest BCUT2D eigenvalue weighted by atomic mass is 9.82. The van der Waals surface area contributed by atoms with Crippen LogP contribution in [0, 0.1) is 13.8 Å². The molecule has 2 heterocycles. The zero-order valence-corrected chi connectivity index (χ0v) is 19.4. The molecule has 188 valence electrons. The minimum absolute atomic E-state index is 0.144. The Bertz CT molecular complexity index is 1530. The van der Waals surface area contributed by atoms with Crippen LogP contribution in [0.5, 0.6) is 23.0 Å². The highest BCUT2D eigenvalue weighted by atomic mass is 16.5. The molecule has 4 rings (SSSR count). The van der Waals surface area contributed by atoms with Gasteiger partial charge in [0.2, 0.25) is 0 Å². The molecule has 0 saturated carbocycles. The lowest BCUT2D eigenvalue weighted by Crippen LogP contribution is -2.25. The molecule has 11 heteroatoms. The highest BCUT2D eigenvalue weighted by Gasteiger charge is 2.34. The van der Waals surface area contributed by atoms with Crippen molar-refractivity contribution in [1.29, 1.82) is 0 Å². The number of phenols is 4. The van der Waals surface area contributed by atoms with Crippen LogP contribution in [0.4, 0.5) is 0 Å². The summed E-state index contributed by atoms with van der Waals surface area (Å²) >= 11 is 0. The van der Waals surface area contributed by atoms with Crippen LogP contribution in [0.25, 0.3) is 21.5 Å². The zero-order chi connectivity index (χ0) is 26.5. The molecule has 0 fully saturated rings. The van der Waals surface area contributed by atoms with Gasteiger partial charge in [-0.25, -0.2) is 14.4 Å². The molecule has 36 heavy (non-hydrogen) atoms. The molecule has 0 radical (unpaired) electrons. The molecule has 0 saturated heterocycles. The summed E-state index contributed by atoms with van der Waals surface area (Å²) in [6, 6.07) is 5.14. The predicted molar refractivity (Wildman–Crippen MR) is 126 cm³/mol. The van der Waals surface area contributed by atoms with Crippen LogP contribution < -0.4 is 11.3 Å². The van der Waals surface area contributed by atoms with Crippen LogP contribution in [0.1, 0.15) is 35.0 Å². The van der Waals surface area contributed by atoms with Crippen molar-refractivity contribution < 1.29 is 43.9 Å². The van der Waals surface area contributed by atoms with Gasteiger partial charge in [-0.05, 0) is 55.3 Å². The number of benzene rings is 2. The van der Waals surface area contributed by atoms with E-state index in [0.29, 0.717) is 0 Å². The smallest absolute Gasteiger partial charge is 0.347 e. The van der Waals surface area contributed by atoms with Crippen LogP contribution in [0.15, 0.2) is 42.7 Å². The van der Waals surface area contributed by atoms with Crippen LogP contribution in [0.2, 0.25) is 0 Å². The lowest BCUT2D eigenvalue weighted by molar-refractivity contribution is -0.149. The van der Waals surface area contributed by atoms with Gasteiger partial charge in [0, 0.05) is 24.2 Å². The Labute approximate surface area is 202 Å². The first-order valence-electron chi connectivity index (χ1n) is 10.7. The second-order valence-corrected chi connectivity index (χ2v) is 8.38. The van der Waals surface area contributed by atoms with Gasteiger partial charge in [-0.1, -0.05) is 0 Å². The minimum Gasteiger partial charge on any atom is -0.507 e. The van der Waals surface area contributed by atoms with E-state index in [1.54, 1.807) is 0 Å². The number of aromatic hydroxyl groups is 4. The van der Waals surface area contributed by atoms with Crippen molar-refractivity contribution in [3.05, 3.63) is 67.8 Å². The molecule has 5 N–H and O–H groups in total. The van der Waals surface area contributed by atoms with Crippen molar-refractivity contribution in [2.24, 2.45) is 0 Å². The fourth-order valence-electron chi connectivity index (χ4n) is 4.51. The van der Waals surface area contributed by atoms with E-state index in [-0.39, 0.29) is 44.2 Å². The molecule has 0 unspecified atom stereocenters. The molecule has 1 atom stereocenters. The zero-order valence-electron chi connectivity index (χ0n) is 19.4. The van der Waals surface area contributed by atoms with Gasteiger partial charge in [-0.2, -0.15) is 0 Å². The van der Waals surface area contributed by atoms with Gasteiger partial charge in [-0.3, -0.25) is 0 Å². The van der Waals surface area contributed by atoms with Gasteiger partial charge in [0.1, 0.15) is 45.3 Å². The molecule has 0 aliphatic rings. The Kier molecular flexibility index (Phi) is 6.10. The summed E-state index contributed by atoms with van der Waals surface area (Å²) in [4.78, 5) is 36.8. The van der Waals surface area contributed by atoms with Crippen molar-refractivity contribution >= 4 is 27.5 Å². The Balaban J connectivity index is 2.11. The molecule has 2 aromatic heterocycles. The average Bonchev–Trinajstić information content (AvgIpc) is 2.74. The summed E-state index contributed by atoms with van der Waals surface area (Å²) < 4.78 is 15.1. The molecule has 0 aliphatic heterocycles. The quantitative estimate of drug-likeness (QED) is 0.263. The van der Waals surface area contributed by atoms with Crippen molar-refractivity contribution in [2.75, 3.05) is 7.11 Å². The summed E-state index contributed by atoms with van der Waals surface area (Å²) in [5.74, 6) is -5.08. The summed E-state index contributed by atoms with van der Waals surface area (Å²) in [5.41, 5.74) is -2.62. The fourth-order valence-corrected chi connectivity index (χ4v) is 4.51. The summed E-state index contributed by atoms with van der Waals surface area (Å²) in [6.07, 6.45) is -2.07. The number of methoxy groups -OCH3 is 1. The maximum Gasteiger partial charge on any atom is 0.347 e. The minimum atomic E-state index is -1.54. The van der Waals surface area contributed by atoms with Crippen LogP contribution >= 0.6 is 0 Å². The van der Waals surface area contributed by atoms with E-state index in [2.05, 4.69) is 0 Å². The van der Waals surface area contributed by atoms with E-state index in [1.807, 2.05) is 0 Å². The highest BCUT2D eigenvalue weighted by molar-refractivity contribution is 5.93. The standard InChI is InChI=1S/C25H22O11/c1-9-4-11-6-14(26)19(21(28)17(11)24(32)35-9)13(8-16(34-3)23(30)31)20-15(27)7-12-5-10(2)36-25(33)18(12)22(20)29/h4-7,13,16,26-29H,8H2,1-3H3,(H,30,31)/t16-/m0/s1. The Morgan fingerprint density at radius 3 is 1.61 bits per heavy atom. The number of hydrogen-bond donors (Lipinski definition) is 5. The number of carboxylic acids is 1. The number of rotatable bonds is 6. The maximum atomic E-state index is 12.5. The van der Waals surface area contributed by atoms with E-state index in [9.17, 15) is 39.9 Å². The predicted octanol–water partition coefficient (Wildman–Crippen LogP) is 2.96.